The number of benzene rings is 2. The lowest BCUT2D eigenvalue weighted by Crippen LogP contribution is -2.32. The van der Waals surface area contributed by atoms with Crippen molar-refractivity contribution in [2.45, 2.75) is 65.1 Å². The van der Waals surface area contributed by atoms with E-state index in [4.69, 9.17) is 20.2 Å². The van der Waals surface area contributed by atoms with E-state index >= 15 is 0 Å². The standard InChI is InChI=1S/C33H48N6O2/c1-7-33(2,3)41-26-14-12-13-25(23-26)24-38(21-20-37(4)5)18-10-11-19-39-29(17-22-40-6)36-30-31(39)27-15-8-9-16-28(27)35-32(30)34/h8-9,12-16,23H,7,10-11,17-22,24H2,1-6H3,(H2,34,35). The predicted molar refractivity (Wildman–Crippen MR) is 170 cm³/mol. The molecule has 8 heteroatoms. The number of methoxy groups -OCH3 is 1. The van der Waals surface area contributed by atoms with Crippen LogP contribution < -0.4 is 10.5 Å². The summed E-state index contributed by atoms with van der Waals surface area (Å²) in [7, 11) is 6.00. The summed E-state index contributed by atoms with van der Waals surface area (Å²) in [6, 6.07) is 16.8. The van der Waals surface area contributed by atoms with Crippen LogP contribution in [0.1, 0.15) is 51.4 Å². The van der Waals surface area contributed by atoms with E-state index in [1.54, 1.807) is 7.11 Å². The molecule has 0 spiro atoms. The highest BCUT2D eigenvalue weighted by Crippen LogP contribution is 2.29. The second-order valence-corrected chi connectivity index (χ2v) is 11.8. The molecule has 2 aromatic heterocycles. The van der Waals surface area contributed by atoms with Gasteiger partial charge in [-0.05, 0) is 77.5 Å². The van der Waals surface area contributed by atoms with E-state index in [0.29, 0.717) is 12.4 Å². The Morgan fingerprint density at radius 1 is 0.976 bits per heavy atom. The maximum absolute atomic E-state index is 6.37. The molecule has 41 heavy (non-hydrogen) atoms. The molecule has 8 nitrogen and oxygen atoms in total. The first kappa shape index (κ1) is 30.8. The van der Waals surface area contributed by atoms with Crippen molar-refractivity contribution in [3.63, 3.8) is 0 Å². The van der Waals surface area contributed by atoms with E-state index in [1.165, 1.54) is 5.56 Å². The molecule has 222 valence electrons. The van der Waals surface area contributed by atoms with Gasteiger partial charge in [0.05, 0.1) is 17.6 Å². The highest BCUT2D eigenvalue weighted by Gasteiger charge is 2.19. The molecule has 0 radical (unpaired) electrons. The highest BCUT2D eigenvalue weighted by atomic mass is 16.5. The molecule has 0 atom stereocenters. The smallest absolute Gasteiger partial charge is 0.152 e. The molecule has 0 saturated heterocycles. The minimum atomic E-state index is -0.172. The van der Waals surface area contributed by atoms with Gasteiger partial charge in [0.2, 0.25) is 0 Å². The number of nitrogens with zero attached hydrogens (tertiary/aromatic N) is 5. The third-order valence-corrected chi connectivity index (χ3v) is 7.74. The monoisotopic (exact) mass is 560 g/mol. The summed E-state index contributed by atoms with van der Waals surface area (Å²) in [5.41, 5.74) is 10.3. The lowest BCUT2D eigenvalue weighted by Gasteiger charge is -2.26. The Hall–Kier alpha value is -3.20. The van der Waals surface area contributed by atoms with Crippen molar-refractivity contribution in [1.82, 2.24) is 24.3 Å². The number of hydrogen-bond donors (Lipinski definition) is 1. The number of aromatic nitrogens is 3. The van der Waals surface area contributed by atoms with Crippen molar-refractivity contribution in [3.8, 4) is 5.75 Å². The zero-order chi connectivity index (χ0) is 29.4. The first-order chi connectivity index (χ1) is 19.7. The largest absolute Gasteiger partial charge is 0.488 e. The Morgan fingerprint density at radius 2 is 1.78 bits per heavy atom. The molecule has 0 bridgehead atoms. The van der Waals surface area contributed by atoms with E-state index in [9.17, 15) is 0 Å². The summed E-state index contributed by atoms with van der Waals surface area (Å²) in [5, 5.41) is 1.09. The maximum atomic E-state index is 6.37. The third-order valence-electron chi connectivity index (χ3n) is 7.74. The molecule has 0 unspecified atom stereocenters. The highest BCUT2D eigenvalue weighted by molar-refractivity contribution is 6.06. The first-order valence-electron chi connectivity index (χ1n) is 14.9. The van der Waals surface area contributed by atoms with Crippen LogP contribution >= 0.6 is 0 Å². The number of hydrogen-bond acceptors (Lipinski definition) is 7. The van der Waals surface area contributed by atoms with E-state index in [1.807, 2.05) is 12.1 Å². The molecule has 4 rings (SSSR count). The van der Waals surface area contributed by atoms with Crippen LogP contribution in [0.15, 0.2) is 48.5 Å². The fourth-order valence-electron chi connectivity index (χ4n) is 5.10. The van der Waals surface area contributed by atoms with E-state index in [0.717, 1.165) is 91.9 Å². The van der Waals surface area contributed by atoms with E-state index in [2.05, 4.69) is 90.6 Å². The van der Waals surface area contributed by atoms with Gasteiger partial charge in [-0.3, -0.25) is 4.90 Å². The van der Waals surface area contributed by atoms with Crippen LogP contribution in [-0.4, -0.2) is 77.4 Å². The van der Waals surface area contributed by atoms with Crippen LogP contribution in [0.2, 0.25) is 0 Å². The van der Waals surface area contributed by atoms with E-state index < -0.39 is 0 Å². The number of pyridine rings is 1. The molecule has 0 aliphatic heterocycles. The normalized spacial score (nSPS) is 12.3. The molecule has 0 saturated carbocycles. The van der Waals surface area contributed by atoms with Crippen LogP contribution in [0.25, 0.3) is 21.9 Å². The summed E-state index contributed by atoms with van der Waals surface area (Å²) in [6.07, 6.45) is 3.81. The molecule has 4 aromatic rings. The van der Waals surface area contributed by atoms with Crippen molar-refractivity contribution in [2.75, 3.05) is 53.2 Å². The van der Waals surface area contributed by atoms with Crippen molar-refractivity contribution < 1.29 is 9.47 Å². The summed E-state index contributed by atoms with van der Waals surface area (Å²) in [6.45, 7) is 11.9. The van der Waals surface area contributed by atoms with Gasteiger partial charge < -0.3 is 24.7 Å². The predicted octanol–water partition coefficient (Wildman–Crippen LogP) is 5.77. The fourth-order valence-corrected chi connectivity index (χ4v) is 5.10. The number of imidazole rings is 1. The third kappa shape index (κ3) is 8.18. The molecule has 0 fully saturated rings. The van der Waals surface area contributed by atoms with Gasteiger partial charge in [0.25, 0.3) is 0 Å². The van der Waals surface area contributed by atoms with Gasteiger partial charge in [-0.2, -0.15) is 0 Å². The molecule has 0 amide bonds. The number of ether oxygens (including phenoxy) is 2. The van der Waals surface area contributed by atoms with Crippen LogP contribution in [0, 0.1) is 0 Å². The van der Waals surface area contributed by atoms with Gasteiger partial charge in [-0.25, -0.2) is 9.97 Å². The summed E-state index contributed by atoms with van der Waals surface area (Å²) in [4.78, 5) is 14.3. The minimum absolute atomic E-state index is 0.172. The van der Waals surface area contributed by atoms with Crippen LogP contribution in [0.3, 0.4) is 0 Å². The number of rotatable bonds is 16. The van der Waals surface area contributed by atoms with Gasteiger partial charge in [-0.1, -0.05) is 37.3 Å². The topological polar surface area (TPSA) is 81.7 Å². The lowest BCUT2D eigenvalue weighted by molar-refractivity contribution is 0.105. The summed E-state index contributed by atoms with van der Waals surface area (Å²) >= 11 is 0. The number of likely N-dealkylation sites (N-methyl/N-ethyl adjacent to an activating group) is 1. The average molecular weight is 561 g/mol. The summed E-state index contributed by atoms with van der Waals surface area (Å²) in [5.74, 6) is 2.43. The lowest BCUT2D eigenvalue weighted by atomic mass is 10.1. The Bertz CT molecular complexity index is 1410. The quantitative estimate of drug-likeness (QED) is 0.174. The number of fused-ring (bicyclic) bond motifs is 3. The summed E-state index contributed by atoms with van der Waals surface area (Å²) < 4.78 is 14.0. The zero-order valence-corrected chi connectivity index (χ0v) is 25.8. The Balaban J connectivity index is 1.48. The molecular weight excluding hydrogens is 512 g/mol. The molecule has 0 aliphatic rings. The fraction of sp³-hybridized carbons (Fsp3) is 0.515. The SMILES string of the molecule is CCC(C)(C)Oc1cccc(CN(CCCCn2c(CCOC)nc3c(N)nc4ccccc4c32)CCN(C)C)c1. The number of anilines is 1. The molecule has 2 heterocycles. The number of nitrogen functional groups attached to an aromatic ring is 1. The van der Waals surface area contributed by atoms with Gasteiger partial charge in [0.15, 0.2) is 5.82 Å². The van der Waals surface area contributed by atoms with Crippen LogP contribution in [-0.2, 0) is 24.2 Å². The second-order valence-electron chi connectivity index (χ2n) is 11.8. The Labute approximate surface area is 245 Å². The van der Waals surface area contributed by atoms with Gasteiger partial charge in [0.1, 0.15) is 22.7 Å². The van der Waals surface area contributed by atoms with Crippen LogP contribution in [0.4, 0.5) is 5.82 Å². The maximum Gasteiger partial charge on any atom is 0.152 e. The van der Waals surface area contributed by atoms with Crippen LogP contribution in [0.5, 0.6) is 5.75 Å². The number of unbranched alkanes of at least 4 members (excludes halogenated alkanes) is 1. The minimum Gasteiger partial charge on any atom is -0.488 e. The number of para-hydroxylation sites is 1. The number of nitrogens with two attached hydrogens (primary N) is 1. The average Bonchev–Trinajstić information content (AvgIpc) is 3.31. The second kappa shape index (κ2) is 14.1. The molecule has 2 N–H and O–H groups in total. The van der Waals surface area contributed by atoms with Gasteiger partial charge >= 0.3 is 0 Å². The Kier molecular flexibility index (Phi) is 10.6. The van der Waals surface area contributed by atoms with Gasteiger partial charge in [-0.15, -0.1) is 0 Å². The first-order valence-corrected chi connectivity index (χ1v) is 14.9. The van der Waals surface area contributed by atoms with Crippen molar-refractivity contribution in [1.29, 1.82) is 0 Å². The number of aryl methyl sites for hydroxylation is 1. The van der Waals surface area contributed by atoms with E-state index in [-0.39, 0.29) is 5.60 Å². The van der Waals surface area contributed by atoms with Crippen molar-refractivity contribution >= 4 is 27.8 Å². The van der Waals surface area contributed by atoms with Crippen molar-refractivity contribution in [2.24, 2.45) is 0 Å². The molecule has 2 aromatic carbocycles. The Morgan fingerprint density at radius 3 is 2.54 bits per heavy atom. The molecular formula is C33H48N6O2. The zero-order valence-electron chi connectivity index (χ0n) is 25.8. The van der Waals surface area contributed by atoms with Crippen molar-refractivity contribution in [3.05, 3.63) is 59.9 Å². The van der Waals surface area contributed by atoms with Gasteiger partial charge in [0, 0.05) is 45.1 Å². The molecule has 0 aliphatic carbocycles.